The van der Waals surface area contributed by atoms with Gasteiger partial charge in [0.25, 0.3) is 5.91 Å². The molecule has 0 saturated carbocycles. The van der Waals surface area contributed by atoms with Crippen LogP contribution in [0.5, 0.6) is 0 Å². The van der Waals surface area contributed by atoms with Crippen molar-refractivity contribution in [1.82, 2.24) is 14.5 Å². The molecule has 0 unspecified atom stereocenters. The standard InChI is InChI=1S/C12H15N5O4/c13-10-9-5(11(14)20)2-17(12(9)16-4-15-10)8-1-6(19)7(3-18)21-8/h2,4,6-8,18-19H,1,3H2,(H2,14,20)(H2,13,15,16)/t6-,7-,8+/m0/s1. The van der Waals surface area contributed by atoms with Crippen molar-refractivity contribution in [2.45, 2.75) is 24.9 Å². The molecule has 0 aromatic carbocycles. The molecule has 3 atom stereocenters. The molecular weight excluding hydrogens is 278 g/mol. The first-order valence-corrected chi connectivity index (χ1v) is 6.38. The Morgan fingerprint density at radius 3 is 2.90 bits per heavy atom. The zero-order valence-corrected chi connectivity index (χ0v) is 11.0. The van der Waals surface area contributed by atoms with Crippen LogP contribution in [0.3, 0.4) is 0 Å². The summed E-state index contributed by atoms with van der Waals surface area (Å²) in [6.07, 6.45) is 0.972. The third kappa shape index (κ3) is 2.11. The molecule has 0 radical (unpaired) electrons. The van der Waals surface area contributed by atoms with E-state index in [1.165, 1.54) is 12.5 Å². The molecule has 112 valence electrons. The van der Waals surface area contributed by atoms with Gasteiger partial charge in [-0.05, 0) is 0 Å². The Kier molecular flexibility index (Phi) is 3.24. The molecule has 6 N–H and O–H groups in total. The fourth-order valence-corrected chi connectivity index (χ4v) is 2.56. The Hall–Kier alpha value is -2.23. The Morgan fingerprint density at radius 2 is 2.29 bits per heavy atom. The van der Waals surface area contributed by atoms with Crippen molar-refractivity contribution in [2.24, 2.45) is 5.73 Å². The number of rotatable bonds is 3. The third-order valence-corrected chi connectivity index (χ3v) is 3.60. The van der Waals surface area contributed by atoms with E-state index in [2.05, 4.69) is 9.97 Å². The highest BCUT2D eigenvalue weighted by Crippen LogP contribution is 2.33. The lowest BCUT2D eigenvalue weighted by Gasteiger charge is -2.14. The smallest absolute Gasteiger partial charge is 0.251 e. The second-order valence-electron chi connectivity index (χ2n) is 4.89. The Bertz CT molecular complexity index is 700. The van der Waals surface area contributed by atoms with Crippen LogP contribution in [-0.4, -0.2) is 49.5 Å². The van der Waals surface area contributed by atoms with Crippen LogP contribution in [-0.2, 0) is 4.74 Å². The topological polar surface area (TPSA) is 150 Å². The van der Waals surface area contributed by atoms with Gasteiger partial charge in [0, 0.05) is 12.6 Å². The first kappa shape index (κ1) is 13.7. The number of anilines is 1. The maximum Gasteiger partial charge on any atom is 0.251 e. The predicted octanol–water partition coefficient (Wildman–Crippen LogP) is -1.25. The quantitative estimate of drug-likeness (QED) is 0.552. The minimum atomic E-state index is -0.798. The van der Waals surface area contributed by atoms with Gasteiger partial charge in [0.1, 0.15) is 30.1 Å². The van der Waals surface area contributed by atoms with Crippen molar-refractivity contribution in [1.29, 1.82) is 0 Å². The predicted molar refractivity (Wildman–Crippen MR) is 72.1 cm³/mol. The largest absolute Gasteiger partial charge is 0.394 e. The minimum Gasteiger partial charge on any atom is -0.394 e. The van der Waals surface area contributed by atoms with Crippen LogP contribution >= 0.6 is 0 Å². The van der Waals surface area contributed by atoms with Crippen LogP contribution in [0.4, 0.5) is 5.82 Å². The molecule has 2 aromatic rings. The van der Waals surface area contributed by atoms with E-state index in [9.17, 15) is 9.90 Å². The summed E-state index contributed by atoms with van der Waals surface area (Å²) in [5, 5.41) is 19.3. The molecule has 3 rings (SSSR count). The molecule has 3 heterocycles. The molecule has 9 heteroatoms. The zero-order chi connectivity index (χ0) is 15.1. The second-order valence-corrected chi connectivity index (χ2v) is 4.89. The number of ether oxygens (including phenoxy) is 1. The molecule has 0 bridgehead atoms. The summed E-state index contributed by atoms with van der Waals surface area (Å²) < 4.78 is 7.14. The van der Waals surface area contributed by atoms with Gasteiger partial charge in [0.15, 0.2) is 0 Å². The molecule has 9 nitrogen and oxygen atoms in total. The highest BCUT2D eigenvalue weighted by atomic mass is 16.5. The molecule has 1 aliphatic rings. The van der Waals surface area contributed by atoms with Crippen molar-refractivity contribution in [2.75, 3.05) is 12.3 Å². The number of amides is 1. The number of hydrogen-bond donors (Lipinski definition) is 4. The van der Waals surface area contributed by atoms with E-state index in [0.29, 0.717) is 11.0 Å². The lowest BCUT2D eigenvalue weighted by Crippen LogP contribution is -2.24. The summed E-state index contributed by atoms with van der Waals surface area (Å²) in [6, 6.07) is 0. The van der Waals surface area contributed by atoms with Crippen LogP contribution in [0.2, 0.25) is 0 Å². The number of nitrogens with two attached hydrogens (primary N) is 2. The van der Waals surface area contributed by atoms with Gasteiger partial charge in [0.05, 0.1) is 23.7 Å². The number of carbonyl (C=O) groups excluding carboxylic acids is 1. The van der Waals surface area contributed by atoms with Gasteiger partial charge in [-0.25, -0.2) is 9.97 Å². The fourth-order valence-electron chi connectivity index (χ4n) is 2.56. The van der Waals surface area contributed by atoms with Crippen LogP contribution in [0.1, 0.15) is 23.0 Å². The number of hydrogen-bond acceptors (Lipinski definition) is 7. The molecule has 2 aromatic heterocycles. The second kappa shape index (κ2) is 4.95. The Morgan fingerprint density at radius 1 is 1.52 bits per heavy atom. The molecule has 1 aliphatic heterocycles. The van der Waals surface area contributed by atoms with Gasteiger partial charge >= 0.3 is 0 Å². The Balaban J connectivity index is 2.12. The highest BCUT2D eigenvalue weighted by molar-refractivity contribution is 6.08. The van der Waals surface area contributed by atoms with E-state index in [4.69, 9.17) is 21.3 Å². The number of nitrogens with zero attached hydrogens (tertiary/aromatic N) is 3. The van der Waals surface area contributed by atoms with Crippen molar-refractivity contribution in [3.63, 3.8) is 0 Å². The number of aromatic nitrogens is 3. The first-order chi connectivity index (χ1) is 10.0. The average molecular weight is 293 g/mol. The Labute approximate surface area is 119 Å². The van der Waals surface area contributed by atoms with E-state index in [0.717, 1.165) is 0 Å². The van der Waals surface area contributed by atoms with E-state index >= 15 is 0 Å². The molecule has 21 heavy (non-hydrogen) atoms. The molecule has 1 fully saturated rings. The summed E-state index contributed by atoms with van der Waals surface area (Å²) in [5.74, 6) is -0.512. The molecular formula is C12H15N5O4. The summed E-state index contributed by atoms with van der Waals surface area (Å²) in [5.41, 5.74) is 11.7. The SMILES string of the molecule is NC(=O)c1cn([C@H]2C[C@H](O)[C@H](CO)O2)c2ncnc(N)c12. The normalized spacial score (nSPS) is 25.5. The van der Waals surface area contributed by atoms with Crippen molar-refractivity contribution < 1.29 is 19.7 Å². The number of carbonyl (C=O) groups is 1. The van der Waals surface area contributed by atoms with Gasteiger partial charge in [0.2, 0.25) is 0 Å². The molecule has 0 aliphatic carbocycles. The molecule has 0 spiro atoms. The maximum atomic E-state index is 11.5. The van der Waals surface area contributed by atoms with Gasteiger partial charge in [-0.15, -0.1) is 0 Å². The summed E-state index contributed by atoms with van der Waals surface area (Å²) in [4.78, 5) is 19.5. The van der Waals surface area contributed by atoms with Gasteiger partial charge < -0.3 is 31.0 Å². The van der Waals surface area contributed by atoms with Gasteiger partial charge in [-0.2, -0.15) is 0 Å². The monoisotopic (exact) mass is 293 g/mol. The third-order valence-electron chi connectivity index (χ3n) is 3.60. The lowest BCUT2D eigenvalue weighted by atomic mass is 10.2. The number of nitrogen functional groups attached to an aromatic ring is 1. The average Bonchev–Trinajstić information content (AvgIpc) is 3.00. The van der Waals surface area contributed by atoms with E-state index in [-0.39, 0.29) is 24.4 Å². The minimum absolute atomic E-state index is 0.143. The van der Waals surface area contributed by atoms with Crippen LogP contribution < -0.4 is 11.5 Å². The van der Waals surface area contributed by atoms with Crippen molar-refractivity contribution >= 4 is 22.8 Å². The maximum absolute atomic E-state index is 11.5. The van der Waals surface area contributed by atoms with Crippen LogP contribution in [0.25, 0.3) is 11.0 Å². The number of aliphatic hydroxyl groups excluding tert-OH is 2. The van der Waals surface area contributed by atoms with Gasteiger partial charge in [-0.3, -0.25) is 4.79 Å². The highest BCUT2D eigenvalue weighted by Gasteiger charge is 2.35. The number of aliphatic hydroxyl groups is 2. The first-order valence-electron chi connectivity index (χ1n) is 6.38. The summed E-state index contributed by atoms with van der Waals surface area (Å²) in [7, 11) is 0. The van der Waals surface area contributed by atoms with Gasteiger partial charge in [-0.1, -0.05) is 0 Å². The number of fused-ring (bicyclic) bond motifs is 1. The van der Waals surface area contributed by atoms with Crippen molar-refractivity contribution in [3.05, 3.63) is 18.1 Å². The molecule has 1 saturated heterocycles. The van der Waals surface area contributed by atoms with E-state index in [1.54, 1.807) is 4.57 Å². The fraction of sp³-hybridized carbons (Fsp3) is 0.417. The van der Waals surface area contributed by atoms with Crippen LogP contribution in [0.15, 0.2) is 12.5 Å². The zero-order valence-electron chi connectivity index (χ0n) is 11.0. The van der Waals surface area contributed by atoms with E-state index < -0.39 is 24.3 Å². The van der Waals surface area contributed by atoms with E-state index in [1.807, 2.05) is 0 Å². The molecule has 1 amide bonds. The lowest BCUT2D eigenvalue weighted by molar-refractivity contribution is -0.0430. The van der Waals surface area contributed by atoms with Crippen molar-refractivity contribution in [3.8, 4) is 0 Å². The summed E-state index contributed by atoms with van der Waals surface area (Å²) >= 11 is 0. The van der Waals surface area contributed by atoms with Crippen LogP contribution in [0, 0.1) is 0 Å². The number of primary amides is 1. The summed E-state index contributed by atoms with van der Waals surface area (Å²) in [6.45, 7) is -0.295.